The van der Waals surface area contributed by atoms with Crippen LogP contribution in [0.25, 0.3) is 0 Å². The third-order valence-corrected chi connectivity index (χ3v) is 3.08. The van der Waals surface area contributed by atoms with Gasteiger partial charge in [0, 0.05) is 12.1 Å². The summed E-state index contributed by atoms with van der Waals surface area (Å²) in [4.78, 5) is 0. The largest absolute Gasteiger partial charge is 0.327 e. The van der Waals surface area contributed by atoms with E-state index in [-0.39, 0.29) is 5.41 Å². The molecule has 0 aliphatic heterocycles. The van der Waals surface area contributed by atoms with Gasteiger partial charge < -0.3 is 11.1 Å². The zero-order chi connectivity index (χ0) is 10.1. The predicted octanol–water partition coefficient (Wildman–Crippen LogP) is 1.75. The van der Waals surface area contributed by atoms with E-state index in [4.69, 9.17) is 5.73 Å². The van der Waals surface area contributed by atoms with E-state index < -0.39 is 0 Å². The lowest BCUT2D eigenvalue weighted by molar-refractivity contribution is 0.302. The summed E-state index contributed by atoms with van der Waals surface area (Å²) in [5.41, 5.74) is 6.30. The van der Waals surface area contributed by atoms with Crippen molar-refractivity contribution >= 4 is 0 Å². The van der Waals surface area contributed by atoms with Gasteiger partial charge in [0.25, 0.3) is 0 Å². The molecule has 0 spiro atoms. The molecule has 0 aromatic rings. The van der Waals surface area contributed by atoms with Crippen LogP contribution in [-0.2, 0) is 0 Å². The maximum atomic E-state index is 6.05. The maximum Gasteiger partial charge on any atom is 0.00997 e. The Morgan fingerprint density at radius 2 is 2.00 bits per heavy atom. The fourth-order valence-corrected chi connectivity index (χ4v) is 1.46. The van der Waals surface area contributed by atoms with Crippen molar-refractivity contribution in [2.24, 2.45) is 17.1 Å². The van der Waals surface area contributed by atoms with Gasteiger partial charge in [-0.15, -0.1) is 0 Å². The van der Waals surface area contributed by atoms with Crippen LogP contribution in [0.2, 0.25) is 0 Å². The molecule has 3 N–H and O–H groups in total. The van der Waals surface area contributed by atoms with Crippen molar-refractivity contribution in [3.8, 4) is 0 Å². The van der Waals surface area contributed by atoms with Gasteiger partial charge in [0.1, 0.15) is 0 Å². The van der Waals surface area contributed by atoms with Crippen LogP contribution in [0, 0.1) is 11.3 Å². The standard InChI is InChI=1S/C11H24N2/c1-8-7-9(8)13-6-5-10(12)11(2,3)4/h8-10,13H,5-7,12H2,1-4H3. The Bertz CT molecular complexity index is 160. The Morgan fingerprint density at radius 3 is 2.38 bits per heavy atom. The van der Waals surface area contributed by atoms with Crippen LogP contribution in [0.1, 0.15) is 40.5 Å². The Labute approximate surface area is 82.3 Å². The first-order valence-corrected chi connectivity index (χ1v) is 5.40. The van der Waals surface area contributed by atoms with Crippen LogP contribution in [0.15, 0.2) is 0 Å². The van der Waals surface area contributed by atoms with E-state index in [1.165, 1.54) is 6.42 Å². The molecule has 3 unspecified atom stereocenters. The molecule has 0 aromatic heterocycles. The highest BCUT2D eigenvalue weighted by molar-refractivity contribution is 4.90. The van der Waals surface area contributed by atoms with Crippen molar-refractivity contribution in [3.05, 3.63) is 0 Å². The van der Waals surface area contributed by atoms with E-state index in [2.05, 4.69) is 33.0 Å². The summed E-state index contributed by atoms with van der Waals surface area (Å²) in [6.45, 7) is 9.99. The summed E-state index contributed by atoms with van der Waals surface area (Å²) in [6.07, 6.45) is 2.44. The second kappa shape index (κ2) is 3.97. The fraction of sp³-hybridized carbons (Fsp3) is 1.00. The number of hydrogen-bond donors (Lipinski definition) is 2. The van der Waals surface area contributed by atoms with Crippen molar-refractivity contribution < 1.29 is 0 Å². The molecule has 0 aromatic carbocycles. The summed E-state index contributed by atoms with van der Waals surface area (Å²) in [5, 5.41) is 3.53. The van der Waals surface area contributed by atoms with Gasteiger partial charge in [0.2, 0.25) is 0 Å². The second-order valence-electron chi connectivity index (χ2n) is 5.53. The summed E-state index contributed by atoms with van der Waals surface area (Å²) in [6, 6.07) is 1.10. The minimum absolute atomic E-state index is 0.247. The number of hydrogen-bond acceptors (Lipinski definition) is 2. The van der Waals surface area contributed by atoms with Gasteiger partial charge in [-0.2, -0.15) is 0 Å². The van der Waals surface area contributed by atoms with Crippen LogP contribution in [-0.4, -0.2) is 18.6 Å². The molecule has 2 nitrogen and oxygen atoms in total. The van der Waals surface area contributed by atoms with E-state index in [9.17, 15) is 0 Å². The van der Waals surface area contributed by atoms with Gasteiger partial charge >= 0.3 is 0 Å². The molecule has 3 atom stereocenters. The van der Waals surface area contributed by atoms with Gasteiger partial charge in [0.05, 0.1) is 0 Å². The first-order valence-electron chi connectivity index (χ1n) is 5.40. The van der Waals surface area contributed by atoms with Gasteiger partial charge in [-0.25, -0.2) is 0 Å². The molecule has 1 saturated carbocycles. The molecule has 0 amide bonds. The molecule has 1 aliphatic carbocycles. The topological polar surface area (TPSA) is 38.0 Å². The smallest absolute Gasteiger partial charge is 0.00997 e. The summed E-state index contributed by atoms with van der Waals surface area (Å²) in [7, 11) is 0. The highest BCUT2D eigenvalue weighted by Crippen LogP contribution is 2.29. The van der Waals surface area contributed by atoms with E-state index >= 15 is 0 Å². The molecule has 0 saturated heterocycles. The van der Waals surface area contributed by atoms with Crippen LogP contribution in [0.3, 0.4) is 0 Å². The van der Waals surface area contributed by atoms with E-state index in [0.29, 0.717) is 6.04 Å². The maximum absolute atomic E-state index is 6.05. The highest BCUT2D eigenvalue weighted by atomic mass is 15.0. The quantitative estimate of drug-likeness (QED) is 0.698. The van der Waals surface area contributed by atoms with Crippen molar-refractivity contribution in [1.29, 1.82) is 0 Å². The molecule has 78 valence electrons. The van der Waals surface area contributed by atoms with Crippen LogP contribution >= 0.6 is 0 Å². The van der Waals surface area contributed by atoms with Crippen molar-refractivity contribution in [2.45, 2.75) is 52.6 Å². The Kier molecular flexibility index (Phi) is 3.36. The van der Waals surface area contributed by atoms with Gasteiger partial charge in [0.15, 0.2) is 0 Å². The number of nitrogens with two attached hydrogens (primary N) is 1. The third kappa shape index (κ3) is 3.65. The molecule has 2 heteroatoms. The zero-order valence-corrected chi connectivity index (χ0v) is 9.43. The molecule has 0 heterocycles. The molecule has 1 aliphatic rings. The van der Waals surface area contributed by atoms with Crippen LogP contribution in [0.4, 0.5) is 0 Å². The predicted molar refractivity (Wildman–Crippen MR) is 57.6 cm³/mol. The number of rotatable bonds is 4. The average Bonchev–Trinajstić information content (AvgIpc) is 2.64. The summed E-state index contributed by atoms with van der Waals surface area (Å²) >= 11 is 0. The van der Waals surface area contributed by atoms with Crippen molar-refractivity contribution in [1.82, 2.24) is 5.32 Å². The van der Waals surface area contributed by atoms with Crippen LogP contribution in [0.5, 0.6) is 0 Å². The van der Waals surface area contributed by atoms with Crippen LogP contribution < -0.4 is 11.1 Å². The van der Waals surface area contributed by atoms with Gasteiger partial charge in [-0.3, -0.25) is 0 Å². The summed E-state index contributed by atoms with van der Waals surface area (Å²) < 4.78 is 0. The van der Waals surface area contributed by atoms with Crippen molar-refractivity contribution in [2.75, 3.05) is 6.54 Å². The Hall–Kier alpha value is -0.0800. The molecule has 13 heavy (non-hydrogen) atoms. The lowest BCUT2D eigenvalue weighted by Gasteiger charge is -2.27. The molecule has 1 fully saturated rings. The van der Waals surface area contributed by atoms with Gasteiger partial charge in [-0.05, 0) is 30.7 Å². The lowest BCUT2D eigenvalue weighted by atomic mass is 9.85. The first-order chi connectivity index (χ1) is 5.91. The lowest BCUT2D eigenvalue weighted by Crippen LogP contribution is -2.38. The minimum Gasteiger partial charge on any atom is -0.327 e. The van der Waals surface area contributed by atoms with E-state index in [1.54, 1.807) is 0 Å². The second-order valence-corrected chi connectivity index (χ2v) is 5.53. The SMILES string of the molecule is CC1CC1NCCC(N)C(C)(C)C. The average molecular weight is 184 g/mol. The van der Waals surface area contributed by atoms with E-state index in [0.717, 1.165) is 24.9 Å². The monoisotopic (exact) mass is 184 g/mol. The highest BCUT2D eigenvalue weighted by Gasteiger charge is 2.31. The van der Waals surface area contributed by atoms with Gasteiger partial charge in [-0.1, -0.05) is 27.7 Å². The zero-order valence-electron chi connectivity index (χ0n) is 9.43. The fourth-order valence-electron chi connectivity index (χ4n) is 1.46. The normalized spacial score (nSPS) is 30.2. The number of nitrogens with one attached hydrogen (secondary N) is 1. The Balaban J connectivity index is 2.05. The molecule has 0 bridgehead atoms. The van der Waals surface area contributed by atoms with E-state index in [1.807, 2.05) is 0 Å². The molecular weight excluding hydrogens is 160 g/mol. The minimum atomic E-state index is 0.247. The first kappa shape index (κ1) is 11.0. The summed E-state index contributed by atoms with van der Waals surface area (Å²) in [5.74, 6) is 0.894. The molecule has 0 radical (unpaired) electrons. The third-order valence-electron chi connectivity index (χ3n) is 3.08. The molecule has 1 rings (SSSR count). The van der Waals surface area contributed by atoms with Crippen molar-refractivity contribution in [3.63, 3.8) is 0 Å². The Morgan fingerprint density at radius 1 is 1.46 bits per heavy atom. The molecular formula is C11H24N2.